The van der Waals surface area contributed by atoms with Crippen molar-refractivity contribution >= 4 is 29.0 Å². The number of ether oxygens (including phenoxy) is 3. The van der Waals surface area contributed by atoms with Gasteiger partial charge in [-0.05, 0) is 54.9 Å². The molecule has 158 valence electrons. The molecule has 7 heteroatoms. The lowest BCUT2D eigenvalue weighted by molar-refractivity contribution is -0.123. The molecule has 3 rings (SSSR count). The fraction of sp³-hybridized carbons (Fsp3) is 0.304. The van der Waals surface area contributed by atoms with Gasteiger partial charge in [0.05, 0.1) is 24.7 Å². The third-order valence-corrected chi connectivity index (χ3v) is 5.34. The molecule has 0 radical (unpaired) electrons. The molecule has 0 unspecified atom stereocenters. The van der Waals surface area contributed by atoms with Crippen LogP contribution in [0.5, 0.6) is 11.5 Å². The molecule has 0 bridgehead atoms. The van der Waals surface area contributed by atoms with Gasteiger partial charge in [-0.25, -0.2) is 0 Å². The maximum absolute atomic E-state index is 12.5. The SMILES string of the molecule is CCOc1cc(/C=C2/SC(=O)N(CCOC)C2=O)ccc1OCc1cccc(C)c1. The van der Waals surface area contributed by atoms with Crippen LogP contribution in [0.3, 0.4) is 0 Å². The van der Waals surface area contributed by atoms with Crippen LogP contribution >= 0.6 is 11.8 Å². The number of hydrogen-bond acceptors (Lipinski definition) is 6. The summed E-state index contributed by atoms with van der Waals surface area (Å²) >= 11 is 0.930. The largest absolute Gasteiger partial charge is 0.490 e. The molecule has 0 aromatic heterocycles. The maximum Gasteiger partial charge on any atom is 0.293 e. The minimum atomic E-state index is -0.306. The highest BCUT2D eigenvalue weighted by molar-refractivity contribution is 8.18. The molecule has 6 nitrogen and oxygen atoms in total. The van der Waals surface area contributed by atoms with Crippen LogP contribution in [0.15, 0.2) is 47.4 Å². The smallest absolute Gasteiger partial charge is 0.293 e. The van der Waals surface area contributed by atoms with Crippen molar-refractivity contribution in [1.82, 2.24) is 4.90 Å². The standard InChI is InChI=1S/C23H25NO5S/c1-4-28-20-13-17(14-21-22(25)24(10-11-27-3)23(26)30-21)8-9-19(20)29-15-18-7-5-6-16(2)12-18/h5-9,12-14H,4,10-11,15H2,1-3H3/b21-14+. The van der Waals surface area contributed by atoms with E-state index < -0.39 is 0 Å². The van der Waals surface area contributed by atoms with Gasteiger partial charge in [0.1, 0.15) is 6.61 Å². The Bertz CT molecular complexity index is 956. The molecule has 0 N–H and O–H groups in total. The first-order valence-electron chi connectivity index (χ1n) is 9.71. The van der Waals surface area contributed by atoms with Crippen LogP contribution in [0.4, 0.5) is 4.79 Å². The number of methoxy groups -OCH3 is 1. The van der Waals surface area contributed by atoms with E-state index in [4.69, 9.17) is 14.2 Å². The molecule has 30 heavy (non-hydrogen) atoms. The summed E-state index contributed by atoms with van der Waals surface area (Å²) < 4.78 is 16.7. The molecule has 0 aliphatic carbocycles. The minimum Gasteiger partial charge on any atom is -0.490 e. The molecule has 0 spiro atoms. The zero-order chi connectivity index (χ0) is 21.5. The molecular weight excluding hydrogens is 402 g/mol. The van der Waals surface area contributed by atoms with Crippen molar-refractivity contribution in [3.63, 3.8) is 0 Å². The van der Waals surface area contributed by atoms with E-state index in [1.54, 1.807) is 6.08 Å². The van der Waals surface area contributed by atoms with E-state index in [1.807, 2.05) is 50.2 Å². The molecule has 2 aromatic rings. The highest BCUT2D eigenvalue weighted by Crippen LogP contribution is 2.34. The van der Waals surface area contributed by atoms with Gasteiger partial charge in [-0.15, -0.1) is 0 Å². The molecular formula is C23H25NO5S. The second-order valence-electron chi connectivity index (χ2n) is 6.74. The van der Waals surface area contributed by atoms with Crippen LogP contribution < -0.4 is 9.47 Å². The number of carbonyl (C=O) groups is 2. The van der Waals surface area contributed by atoms with Gasteiger partial charge in [0, 0.05) is 7.11 Å². The number of thioether (sulfide) groups is 1. The van der Waals surface area contributed by atoms with E-state index in [1.165, 1.54) is 17.6 Å². The van der Waals surface area contributed by atoms with Gasteiger partial charge in [-0.3, -0.25) is 14.5 Å². The third-order valence-electron chi connectivity index (χ3n) is 4.43. The number of nitrogens with zero attached hydrogens (tertiary/aromatic N) is 1. The predicted molar refractivity (Wildman–Crippen MR) is 118 cm³/mol. The molecule has 0 saturated carbocycles. The second-order valence-corrected chi connectivity index (χ2v) is 7.74. The topological polar surface area (TPSA) is 65.1 Å². The first-order chi connectivity index (χ1) is 14.5. The number of imide groups is 1. The Labute approximate surface area is 180 Å². The number of carbonyl (C=O) groups excluding carboxylic acids is 2. The maximum atomic E-state index is 12.5. The van der Waals surface area contributed by atoms with Gasteiger partial charge in [-0.1, -0.05) is 35.9 Å². The molecule has 2 aromatic carbocycles. The molecule has 2 amide bonds. The van der Waals surface area contributed by atoms with E-state index in [-0.39, 0.29) is 17.7 Å². The molecule has 1 heterocycles. The Hall–Kier alpha value is -2.77. The fourth-order valence-corrected chi connectivity index (χ4v) is 3.86. The Balaban J connectivity index is 1.76. The van der Waals surface area contributed by atoms with Crippen molar-refractivity contribution in [2.45, 2.75) is 20.5 Å². The van der Waals surface area contributed by atoms with Crippen LogP contribution in [-0.4, -0.2) is 42.9 Å². The lowest BCUT2D eigenvalue weighted by atomic mass is 10.1. The van der Waals surface area contributed by atoms with Crippen molar-refractivity contribution in [3.05, 3.63) is 64.1 Å². The summed E-state index contributed by atoms with van der Waals surface area (Å²) in [6.07, 6.45) is 1.70. The number of rotatable bonds is 9. The lowest BCUT2D eigenvalue weighted by Crippen LogP contribution is -2.31. The van der Waals surface area contributed by atoms with Crippen molar-refractivity contribution in [1.29, 1.82) is 0 Å². The Morgan fingerprint density at radius 1 is 1.07 bits per heavy atom. The van der Waals surface area contributed by atoms with Crippen LogP contribution in [0.25, 0.3) is 6.08 Å². The van der Waals surface area contributed by atoms with E-state index in [9.17, 15) is 9.59 Å². The number of hydrogen-bond donors (Lipinski definition) is 0. The summed E-state index contributed by atoms with van der Waals surface area (Å²) in [6, 6.07) is 13.6. The molecule has 1 saturated heterocycles. The summed E-state index contributed by atoms with van der Waals surface area (Å²) in [5.74, 6) is 0.918. The summed E-state index contributed by atoms with van der Waals surface area (Å²) in [6.45, 7) is 5.41. The fourth-order valence-electron chi connectivity index (χ4n) is 2.99. The van der Waals surface area contributed by atoms with Crippen LogP contribution in [0.2, 0.25) is 0 Å². The van der Waals surface area contributed by atoms with Gasteiger partial charge in [0.25, 0.3) is 11.1 Å². The molecule has 1 fully saturated rings. The Kier molecular flexibility index (Phi) is 7.54. The normalized spacial score (nSPS) is 15.2. The van der Waals surface area contributed by atoms with Gasteiger partial charge in [0.2, 0.25) is 0 Å². The number of amides is 2. The number of benzene rings is 2. The first-order valence-corrected chi connectivity index (χ1v) is 10.5. The molecule has 1 aliphatic heterocycles. The van der Waals surface area contributed by atoms with E-state index in [0.29, 0.717) is 36.2 Å². The number of aryl methyl sites for hydroxylation is 1. The monoisotopic (exact) mass is 427 g/mol. The van der Waals surface area contributed by atoms with Gasteiger partial charge < -0.3 is 14.2 Å². The van der Waals surface area contributed by atoms with Crippen molar-refractivity contribution in [2.24, 2.45) is 0 Å². The third kappa shape index (κ3) is 5.43. The summed E-state index contributed by atoms with van der Waals surface area (Å²) in [4.78, 5) is 26.2. The molecule has 0 atom stereocenters. The van der Waals surface area contributed by atoms with Gasteiger partial charge in [0.15, 0.2) is 11.5 Å². The zero-order valence-electron chi connectivity index (χ0n) is 17.3. The second kappa shape index (κ2) is 10.3. The van der Waals surface area contributed by atoms with Crippen molar-refractivity contribution in [3.8, 4) is 11.5 Å². The van der Waals surface area contributed by atoms with Crippen LogP contribution in [-0.2, 0) is 16.1 Å². The van der Waals surface area contributed by atoms with Crippen molar-refractivity contribution < 1.29 is 23.8 Å². The van der Waals surface area contributed by atoms with Crippen LogP contribution in [0, 0.1) is 6.92 Å². The first kappa shape index (κ1) is 21.9. The summed E-state index contributed by atoms with van der Waals surface area (Å²) in [7, 11) is 1.53. The highest BCUT2D eigenvalue weighted by Gasteiger charge is 2.34. The summed E-state index contributed by atoms with van der Waals surface area (Å²) in [5, 5.41) is -0.286. The lowest BCUT2D eigenvalue weighted by Gasteiger charge is -2.13. The van der Waals surface area contributed by atoms with Crippen molar-refractivity contribution in [2.75, 3.05) is 26.9 Å². The Morgan fingerprint density at radius 2 is 1.90 bits per heavy atom. The zero-order valence-corrected chi connectivity index (χ0v) is 18.2. The Morgan fingerprint density at radius 3 is 2.63 bits per heavy atom. The van der Waals surface area contributed by atoms with Crippen LogP contribution in [0.1, 0.15) is 23.6 Å². The van der Waals surface area contributed by atoms with E-state index in [2.05, 4.69) is 6.07 Å². The average Bonchev–Trinajstić information content (AvgIpc) is 2.99. The summed E-state index contributed by atoms with van der Waals surface area (Å²) in [5.41, 5.74) is 3.01. The quantitative estimate of drug-likeness (QED) is 0.543. The van der Waals surface area contributed by atoms with E-state index in [0.717, 1.165) is 22.9 Å². The van der Waals surface area contributed by atoms with Gasteiger partial charge >= 0.3 is 0 Å². The predicted octanol–water partition coefficient (Wildman–Crippen LogP) is 4.66. The highest BCUT2D eigenvalue weighted by atomic mass is 32.2. The minimum absolute atomic E-state index is 0.244. The van der Waals surface area contributed by atoms with Gasteiger partial charge in [-0.2, -0.15) is 0 Å². The van der Waals surface area contributed by atoms with E-state index >= 15 is 0 Å². The average molecular weight is 428 g/mol. The molecule has 1 aliphatic rings.